The first-order valence-corrected chi connectivity index (χ1v) is 12.0. The molecule has 0 unspecified atom stereocenters. The van der Waals surface area contributed by atoms with Crippen molar-refractivity contribution < 1.29 is 9.32 Å². The van der Waals surface area contributed by atoms with Crippen molar-refractivity contribution >= 4 is 11.6 Å². The molecule has 0 atom stereocenters. The minimum atomic E-state index is -0.193. The van der Waals surface area contributed by atoms with E-state index in [0.717, 1.165) is 43.2 Å². The van der Waals surface area contributed by atoms with Crippen LogP contribution in [0, 0.1) is 6.92 Å². The van der Waals surface area contributed by atoms with Crippen molar-refractivity contribution in [2.24, 2.45) is 0 Å². The van der Waals surface area contributed by atoms with E-state index in [2.05, 4.69) is 32.4 Å². The van der Waals surface area contributed by atoms with Crippen LogP contribution in [0.3, 0.4) is 0 Å². The Balaban J connectivity index is 1.37. The van der Waals surface area contributed by atoms with Crippen LogP contribution in [0.4, 0.5) is 5.69 Å². The molecule has 2 aliphatic heterocycles. The molecule has 2 aliphatic rings. The third-order valence-corrected chi connectivity index (χ3v) is 6.60. The minimum Gasteiger partial charge on any atom is -0.361 e. The van der Waals surface area contributed by atoms with Crippen LogP contribution < -0.4 is 5.32 Å². The molecule has 168 valence electrons. The second-order valence-electron chi connectivity index (χ2n) is 9.10. The van der Waals surface area contributed by atoms with Gasteiger partial charge in [-0.1, -0.05) is 43.0 Å². The first-order valence-electron chi connectivity index (χ1n) is 12.0. The molecule has 1 aromatic carbocycles. The summed E-state index contributed by atoms with van der Waals surface area (Å²) in [7, 11) is 0. The summed E-state index contributed by atoms with van der Waals surface area (Å²) in [6, 6.07) is 8.22. The first-order chi connectivity index (χ1) is 15.2. The molecule has 31 heavy (non-hydrogen) atoms. The number of rotatable bonds is 6. The Bertz CT molecular complexity index is 830. The Morgan fingerprint density at radius 3 is 2.00 bits per heavy atom. The number of amides is 1. The van der Waals surface area contributed by atoms with Crippen LogP contribution in [-0.2, 0) is 13.1 Å². The summed E-state index contributed by atoms with van der Waals surface area (Å²) in [6.07, 6.45) is 10.3. The highest BCUT2D eigenvalue weighted by atomic mass is 16.5. The number of anilines is 1. The summed E-state index contributed by atoms with van der Waals surface area (Å²) in [5.74, 6) is 0.545. The quantitative estimate of drug-likeness (QED) is 0.708. The average molecular weight is 425 g/mol. The van der Waals surface area contributed by atoms with Crippen molar-refractivity contribution in [3.63, 3.8) is 0 Å². The van der Waals surface area contributed by atoms with E-state index in [9.17, 15) is 4.79 Å². The summed E-state index contributed by atoms with van der Waals surface area (Å²) in [5, 5.41) is 7.09. The van der Waals surface area contributed by atoms with Gasteiger partial charge in [0.2, 0.25) is 0 Å². The predicted octanol–water partition coefficient (Wildman–Crippen LogP) is 4.99. The van der Waals surface area contributed by atoms with Crippen molar-refractivity contribution in [2.75, 3.05) is 31.5 Å². The maximum absolute atomic E-state index is 12.9. The van der Waals surface area contributed by atoms with Crippen LogP contribution in [0.25, 0.3) is 0 Å². The normalized spacial score (nSPS) is 19.0. The van der Waals surface area contributed by atoms with Crippen molar-refractivity contribution in [2.45, 2.75) is 71.4 Å². The van der Waals surface area contributed by atoms with Gasteiger partial charge in [0.1, 0.15) is 5.76 Å². The number of hydrogen-bond donors (Lipinski definition) is 1. The van der Waals surface area contributed by atoms with E-state index in [4.69, 9.17) is 4.52 Å². The summed E-state index contributed by atoms with van der Waals surface area (Å²) < 4.78 is 5.40. The molecule has 0 aliphatic carbocycles. The van der Waals surface area contributed by atoms with Crippen LogP contribution in [0.1, 0.15) is 78.7 Å². The maximum atomic E-state index is 12.9. The monoisotopic (exact) mass is 424 g/mol. The molecule has 0 bridgehead atoms. The van der Waals surface area contributed by atoms with Gasteiger partial charge in [0.05, 0.1) is 0 Å². The number of benzene rings is 1. The zero-order chi connectivity index (χ0) is 21.5. The van der Waals surface area contributed by atoms with Crippen LogP contribution in [0.15, 0.2) is 28.8 Å². The third kappa shape index (κ3) is 6.17. The minimum absolute atomic E-state index is 0.193. The number of hydrogen-bond acceptors (Lipinski definition) is 5. The largest absolute Gasteiger partial charge is 0.361 e. The molecular weight excluding hydrogens is 388 g/mol. The van der Waals surface area contributed by atoms with Crippen molar-refractivity contribution in [1.82, 2.24) is 15.0 Å². The van der Waals surface area contributed by atoms with E-state index >= 15 is 0 Å². The van der Waals surface area contributed by atoms with Gasteiger partial charge >= 0.3 is 0 Å². The standard InChI is InChI=1S/C25H36N4O2/c1-20-23(19-29-16-8-4-5-9-17-29)24(27-31-20)25(30)26-22-12-10-21(11-13-22)18-28-14-6-2-3-7-15-28/h10-13H,2-9,14-19H2,1H3,(H,26,30). The number of likely N-dealkylation sites (tertiary alicyclic amines) is 2. The van der Waals surface area contributed by atoms with E-state index in [1.165, 1.54) is 70.0 Å². The molecule has 3 heterocycles. The van der Waals surface area contributed by atoms with E-state index < -0.39 is 0 Å². The van der Waals surface area contributed by atoms with Crippen molar-refractivity contribution in [1.29, 1.82) is 0 Å². The van der Waals surface area contributed by atoms with Gasteiger partial charge < -0.3 is 9.84 Å². The van der Waals surface area contributed by atoms with E-state index in [0.29, 0.717) is 5.69 Å². The van der Waals surface area contributed by atoms with Crippen LogP contribution in [0.5, 0.6) is 0 Å². The summed E-state index contributed by atoms with van der Waals surface area (Å²) >= 11 is 0. The molecule has 0 radical (unpaired) electrons. The predicted molar refractivity (Wildman–Crippen MR) is 123 cm³/mol. The molecule has 1 N–H and O–H groups in total. The van der Waals surface area contributed by atoms with Gasteiger partial charge in [-0.05, 0) is 76.5 Å². The zero-order valence-electron chi connectivity index (χ0n) is 18.9. The number of aryl methyl sites for hydroxylation is 1. The molecule has 0 saturated carbocycles. The lowest BCUT2D eigenvalue weighted by Gasteiger charge is -2.20. The van der Waals surface area contributed by atoms with E-state index in [1.54, 1.807) is 0 Å². The Labute approximate surface area is 186 Å². The third-order valence-electron chi connectivity index (χ3n) is 6.60. The second-order valence-corrected chi connectivity index (χ2v) is 9.10. The van der Waals surface area contributed by atoms with Gasteiger partial charge in [0.25, 0.3) is 5.91 Å². The van der Waals surface area contributed by atoms with Gasteiger partial charge in [0.15, 0.2) is 5.69 Å². The summed E-state index contributed by atoms with van der Waals surface area (Å²) in [6.45, 7) is 8.13. The number of nitrogens with one attached hydrogen (secondary N) is 1. The van der Waals surface area contributed by atoms with Crippen molar-refractivity contribution in [3.05, 3.63) is 46.8 Å². The zero-order valence-corrected chi connectivity index (χ0v) is 18.9. The van der Waals surface area contributed by atoms with Gasteiger partial charge in [-0.25, -0.2) is 0 Å². The average Bonchev–Trinajstić information content (AvgIpc) is 2.99. The number of carbonyl (C=O) groups excluding carboxylic acids is 1. The number of carbonyl (C=O) groups is 1. The van der Waals surface area contributed by atoms with Gasteiger partial charge in [-0.2, -0.15) is 0 Å². The van der Waals surface area contributed by atoms with Crippen LogP contribution >= 0.6 is 0 Å². The first kappa shape index (κ1) is 22.0. The lowest BCUT2D eigenvalue weighted by molar-refractivity contribution is 0.101. The maximum Gasteiger partial charge on any atom is 0.278 e. The lowest BCUT2D eigenvalue weighted by atomic mass is 10.1. The van der Waals surface area contributed by atoms with E-state index in [1.807, 2.05) is 19.1 Å². The SMILES string of the molecule is Cc1onc(C(=O)Nc2ccc(CN3CCCCCC3)cc2)c1CN1CCCCCC1. The topological polar surface area (TPSA) is 61.6 Å². The molecule has 6 heteroatoms. The van der Waals surface area contributed by atoms with Gasteiger partial charge in [-0.3, -0.25) is 14.6 Å². The number of aromatic nitrogens is 1. The molecule has 1 amide bonds. The Kier molecular flexibility index (Phi) is 7.76. The molecule has 0 spiro atoms. The fraction of sp³-hybridized carbons (Fsp3) is 0.600. The number of nitrogens with zero attached hydrogens (tertiary/aromatic N) is 3. The molecule has 2 saturated heterocycles. The molecule has 4 rings (SSSR count). The van der Waals surface area contributed by atoms with Crippen LogP contribution in [0.2, 0.25) is 0 Å². The molecule has 2 aromatic rings. The Morgan fingerprint density at radius 2 is 1.42 bits per heavy atom. The van der Waals surface area contributed by atoms with E-state index in [-0.39, 0.29) is 5.91 Å². The summed E-state index contributed by atoms with van der Waals surface area (Å²) in [5.41, 5.74) is 3.41. The Hall–Kier alpha value is -2.18. The summed E-state index contributed by atoms with van der Waals surface area (Å²) in [4.78, 5) is 17.9. The smallest absolute Gasteiger partial charge is 0.278 e. The van der Waals surface area contributed by atoms with Crippen molar-refractivity contribution in [3.8, 4) is 0 Å². The molecule has 1 aromatic heterocycles. The second kappa shape index (κ2) is 10.9. The lowest BCUT2D eigenvalue weighted by Crippen LogP contribution is -2.26. The highest BCUT2D eigenvalue weighted by molar-refractivity contribution is 6.03. The van der Waals surface area contributed by atoms with Gasteiger partial charge in [0, 0.05) is 24.3 Å². The highest BCUT2D eigenvalue weighted by Crippen LogP contribution is 2.21. The van der Waals surface area contributed by atoms with Crippen LogP contribution in [-0.4, -0.2) is 47.0 Å². The molecule has 6 nitrogen and oxygen atoms in total. The van der Waals surface area contributed by atoms with Gasteiger partial charge in [-0.15, -0.1) is 0 Å². The highest BCUT2D eigenvalue weighted by Gasteiger charge is 2.22. The molecular formula is C25H36N4O2. The Morgan fingerprint density at radius 1 is 0.871 bits per heavy atom. The fourth-order valence-corrected chi connectivity index (χ4v) is 4.71. The molecule has 2 fully saturated rings. The fourth-order valence-electron chi connectivity index (χ4n) is 4.71.